The molecule has 0 aromatic heterocycles. The van der Waals surface area contributed by atoms with E-state index in [0.717, 1.165) is 0 Å². The molecule has 0 aliphatic heterocycles. The summed E-state index contributed by atoms with van der Waals surface area (Å²) in [5, 5.41) is 0. The lowest BCUT2D eigenvalue weighted by Crippen LogP contribution is -1.97. The van der Waals surface area contributed by atoms with Crippen molar-refractivity contribution < 1.29 is 9.59 Å². The fraction of sp³-hybridized carbons (Fsp3) is 0. The molecule has 45 valence electrons. The van der Waals surface area contributed by atoms with E-state index >= 15 is 0 Å². The van der Waals surface area contributed by atoms with Crippen LogP contribution in [0.25, 0.3) is 0 Å². The molecule has 3 heteroatoms. The van der Waals surface area contributed by atoms with Crippen molar-refractivity contribution in [2.75, 3.05) is 0 Å². The summed E-state index contributed by atoms with van der Waals surface area (Å²) in [5.74, 6) is -0.241. The van der Waals surface area contributed by atoms with E-state index < -0.39 is 0 Å². The van der Waals surface area contributed by atoms with Crippen molar-refractivity contribution in [1.29, 1.82) is 0 Å². The van der Waals surface area contributed by atoms with Crippen molar-refractivity contribution >= 4 is 21.5 Å². The van der Waals surface area contributed by atoms with Gasteiger partial charge in [-0.15, -0.1) is 0 Å². The molecule has 0 N–H and O–H groups in total. The van der Waals surface area contributed by atoms with Gasteiger partial charge in [0.2, 0.25) is 0 Å². The van der Waals surface area contributed by atoms with Gasteiger partial charge in [0, 0.05) is 9.90 Å². The van der Waals surface area contributed by atoms with Crippen molar-refractivity contribution in [2.45, 2.75) is 0 Å². The Bertz CT molecular complexity index is 153. The fourth-order valence-electron chi connectivity index (χ4n) is 0.440. The largest absolute Gasteiger partial charge is 0.290 e. The second-order valence-corrected chi connectivity index (χ2v) is 1.47. The van der Waals surface area contributed by atoms with Gasteiger partial charge in [-0.25, -0.2) is 0 Å². The van der Waals surface area contributed by atoms with E-state index in [1.54, 1.807) is 0 Å². The first kappa shape index (κ1) is 8.25. The molecule has 0 aromatic carbocycles. The van der Waals surface area contributed by atoms with Crippen LogP contribution in [-0.4, -0.2) is 11.6 Å². The van der Waals surface area contributed by atoms with Crippen molar-refractivity contribution in [3.8, 4) is 0 Å². The molecule has 1 rings (SSSR count). The molecule has 0 saturated carbocycles. The smallest absolute Gasteiger partial charge is 0.178 e. The Morgan fingerprint density at radius 3 is 1.22 bits per heavy atom. The molecule has 0 aromatic rings. The minimum Gasteiger partial charge on any atom is -0.290 e. The van der Waals surface area contributed by atoms with E-state index in [4.69, 9.17) is 0 Å². The Morgan fingerprint density at radius 2 is 1.00 bits per heavy atom. The number of hydrogen-bond acceptors (Lipinski definition) is 2. The standard InChI is InChI=1S/C6H4O2.P/c7-5-1-2-6(8)4-3-5;/h1-4H;. The maximum Gasteiger partial charge on any atom is 0.178 e. The lowest BCUT2D eigenvalue weighted by molar-refractivity contribution is -0.113. The SMILES string of the molecule is O=C1C=CC(=O)C=C1.[P]. The predicted octanol–water partition coefficient (Wildman–Crippen LogP) is 1.11. The Balaban J connectivity index is 0.000000640. The van der Waals surface area contributed by atoms with E-state index in [-0.39, 0.29) is 21.5 Å². The average molecular weight is 139 g/mol. The molecular weight excluding hydrogens is 135 g/mol. The topological polar surface area (TPSA) is 34.1 Å². The monoisotopic (exact) mass is 139 g/mol. The van der Waals surface area contributed by atoms with Gasteiger partial charge >= 0.3 is 0 Å². The van der Waals surface area contributed by atoms with Crippen LogP contribution in [0, 0.1) is 0 Å². The lowest BCUT2D eigenvalue weighted by Gasteiger charge is -1.87. The Labute approximate surface area is 56.3 Å². The number of rotatable bonds is 0. The van der Waals surface area contributed by atoms with Gasteiger partial charge in [-0.1, -0.05) is 0 Å². The summed E-state index contributed by atoms with van der Waals surface area (Å²) in [6.07, 6.45) is 5.01. The summed E-state index contributed by atoms with van der Waals surface area (Å²) >= 11 is 0. The normalized spacial score (nSPS) is 15.6. The molecule has 3 radical (unpaired) electrons. The molecule has 1 aliphatic rings. The quantitative estimate of drug-likeness (QED) is 0.372. The van der Waals surface area contributed by atoms with E-state index in [1.807, 2.05) is 0 Å². The summed E-state index contributed by atoms with van der Waals surface area (Å²) in [7, 11) is 0. The van der Waals surface area contributed by atoms with E-state index in [2.05, 4.69) is 0 Å². The third-order valence-electron chi connectivity index (χ3n) is 0.824. The average Bonchev–Trinajstić information content (AvgIpc) is 1.77. The third kappa shape index (κ3) is 2.34. The first-order valence-corrected chi connectivity index (χ1v) is 2.23. The van der Waals surface area contributed by atoms with Crippen LogP contribution in [0.1, 0.15) is 0 Å². The minimum atomic E-state index is -0.121. The highest BCUT2D eigenvalue weighted by Gasteiger charge is 1.97. The van der Waals surface area contributed by atoms with Crippen LogP contribution in [0.4, 0.5) is 0 Å². The molecule has 9 heavy (non-hydrogen) atoms. The third-order valence-corrected chi connectivity index (χ3v) is 0.824. The highest BCUT2D eigenvalue weighted by atomic mass is 31.0. The zero-order valence-electron chi connectivity index (χ0n) is 4.57. The highest BCUT2D eigenvalue weighted by molar-refractivity contribution is 6.92. The second kappa shape index (κ2) is 3.31. The van der Waals surface area contributed by atoms with Gasteiger partial charge in [0.1, 0.15) is 0 Å². The number of allylic oxidation sites excluding steroid dienone is 4. The molecule has 2 nitrogen and oxygen atoms in total. The first-order chi connectivity index (χ1) is 3.79. The molecule has 0 spiro atoms. The van der Waals surface area contributed by atoms with E-state index in [9.17, 15) is 9.59 Å². The van der Waals surface area contributed by atoms with Gasteiger partial charge < -0.3 is 0 Å². The molecule has 0 unspecified atom stereocenters. The number of carbonyl (C=O) groups excluding carboxylic acids is 2. The van der Waals surface area contributed by atoms with Crippen LogP contribution >= 0.6 is 9.90 Å². The molecule has 0 amide bonds. The van der Waals surface area contributed by atoms with Crippen molar-refractivity contribution in [3.05, 3.63) is 24.3 Å². The summed E-state index contributed by atoms with van der Waals surface area (Å²) in [5.41, 5.74) is 0. The lowest BCUT2D eigenvalue weighted by atomic mass is 10.2. The fourth-order valence-corrected chi connectivity index (χ4v) is 0.440. The van der Waals surface area contributed by atoms with Crippen molar-refractivity contribution in [2.24, 2.45) is 0 Å². The number of hydrogen-bond donors (Lipinski definition) is 0. The Morgan fingerprint density at radius 1 is 0.778 bits per heavy atom. The van der Waals surface area contributed by atoms with Gasteiger partial charge in [0.15, 0.2) is 11.6 Å². The van der Waals surface area contributed by atoms with Crippen LogP contribution in [-0.2, 0) is 9.59 Å². The summed E-state index contributed by atoms with van der Waals surface area (Å²) < 4.78 is 0. The molecule has 0 bridgehead atoms. The molecule has 1 aliphatic carbocycles. The summed E-state index contributed by atoms with van der Waals surface area (Å²) in [6, 6.07) is 0. The minimum absolute atomic E-state index is 0. The summed E-state index contributed by atoms with van der Waals surface area (Å²) in [6.45, 7) is 0. The predicted molar refractivity (Wildman–Crippen MR) is 35.2 cm³/mol. The van der Waals surface area contributed by atoms with Gasteiger partial charge in [0.25, 0.3) is 0 Å². The van der Waals surface area contributed by atoms with E-state index in [0.29, 0.717) is 0 Å². The Hall–Kier alpha value is -0.750. The Kier molecular flexibility index (Phi) is 3.03. The maximum absolute atomic E-state index is 10.3. The van der Waals surface area contributed by atoms with Crippen LogP contribution in [0.5, 0.6) is 0 Å². The van der Waals surface area contributed by atoms with Crippen LogP contribution in [0.2, 0.25) is 0 Å². The molecular formula is C6H4O2P. The highest BCUT2D eigenvalue weighted by Crippen LogP contribution is 1.90. The van der Waals surface area contributed by atoms with Crippen LogP contribution in [0.15, 0.2) is 24.3 Å². The van der Waals surface area contributed by atoms with E-state index in [1.165, 1.54) is 24.3 Å². The van der Waals surface area contributed by atoms with Crippen molar-refractivity contribution in [1.82, 2.24) is 0 Å². The molecule has 0 heterocycles. The van der Waals surface area contributed by atoms with Crippen LogP contribution in [0.3, 0.4) is 0 Å². The number of carbonyl (C=O) groups is 2. The first-order valence-electron chi connectivity index (χ1n) is 2.23. The molecule has 0 fully saturated rings. The van der Waals surface area contributed by atoms with Gasteiger partial charge in [-0.2, -0.15) is 0 Å². The molecule has 0 saturated heterocycles. The maximum atomic E-state index is 10.3. The zero-order valence-corrected chi connectivity index (χ0v) is 5.47. The van der Waals surface area contributed by atoms with Gasteiger partial charge in [-0.05, 0) is 24.3 Å². The second-order valence-electron chi connectivity index (χ2n) is 1.47. The van der Waals surface area contributed by atoms with Crippen LogP contribution < -0.4 is 0 Å². The van der Waals surface area contributed by atoms with Gasteiger partial charge in [-0.3, -0.25) is 9.59 Å². The zero-order chi connectivity index (χ0) is 5.98. The van der Waals surface area contributed by atoms with Gasteiger partial charge in [0.05, 0.1) is 0 Å². The summed E-state index contributed by atoms with van der Waals surface area (Å²) in [4.78, 5) is 20.6. The molecule has 0 atom stereocenters. The van der Waals surface area contributed by atoms with Crippen molar-refractivity contribution in [3.63, 3.8) is 0 Å². The number of ketones is 2.